The van der Waals surface area contributed by atoms with E-state index in [2.05, 4.69) is 5.32 Å². The molecule has 3 rings (SSSR count). The van der Waals surface area contributed by atoms with Crippen LogP contribution in [0.5, 0.6) is 0 Å². The summed E-state index contributed by atoms with van der Waals surface area (Å²) in [7, 11) is 0. The van der Waals surface area contributed by atoms with Crippen molar-refractivity contribution in [2.45, 2.75) is 43.1 Å². The van der Waals surface area contributed by atoms with Gasteiger partial charge in [0.25, 0.3) is 0 Å². The fourth-order valence-electron chi connectivity index (χ4n) is 2.80. The third kappa shape index (κ3) is 1.99. The van der Waals surface area contributed by atoms with E-state index in [1.165, 1.54) is 0 Å². The number of benzene rings is 1. The molecule has 2 aliphatic rings. The lowest BCUT2D eigenvalue weighted by Gasteiger charge is -2.39. The summed E-state index contributed by atoms with van der Waals surface area (Å²) in [6.07, 6.45) is 3.41. The number of hydrogen-bond acceptors (Lipinski definition) is 2. The number of carbonyl (C=O) groups excluding carboxylic acids is 1. The van der Waals surface area contributed by atoms with Crippen molar-refractivity contribution >= 4 is 23.5 Å². The van der Waals surface area contributed by atoms with Gasteiger partial charge in [0.2, 0.25) is 5.91 Å². The van der Waals surface area contributed by atoms with E-state index in [1.807, 2.05) is 12.1 Å². The Kier molecular flexibility index (Phi) is 3.01. The van der Waals surface area contributed by atoms with Gasteiger partial charge in [-0.15, -0.1) is 0 Å². The van der Waals surface area contributed by atoms with E-state index in [4.69, 9.17) is 11.6 Å². The second-order valence-corrected chi connectivity index (χ2v) is 6.22. The zero-order valence-corrected chi connectivity index (χ0v) is 11.7. The maximum Gasteiger partial charge on any atom is 0.329 e. The minimum Gasteiger partial charge on any atom is -0.480 e. The van der Waals surface area contributed by atoms with E-state index in [1.54, 1.807) is 12.1 Å². The van der Waals surface area contributed by atoms with Crippen LogP contribution in [0.2, 0.25) is 5.02 Å². The number of amides is 1. The number of rotatable bonds is 4. The maximum atomic E-state index is 12.5. The van der Waals surface area contributed by atoms with Crippen molar-refractivity contribution in [3.8, 4) is 0 Å². The molecule has 106 valence electrons. The maximum absolute atomic E-state index is 12.5. The van der Waals surface area contributed by atoms with E-state index in [0.29, 0.717) is 17.9 Å². The average molecular weight is 294 g/mol. The number of carbonyl (C=O) groups is 2. The predicted octanol–water partition coefficient (Wildman–Crippen LogP) is 2.50. The van der Waals surface area contributed by atoms with Gasteiger partial charge in [0.15, 0.2) is 0 Å². The van der Waals surface area contributed by atoms with Crippen LogP contribution in [0.4, 0.5) is 0 Å². The van der Waals surface area contributed by atoms with Crippen molar-refractivity contribution in [2.24, 2.45) is 0 Å². The summed E-state index contributed by atoms with van der Waals surface area (Å²) in [6.45, 7) is 0. The quantitative estimate of drug-likeness (QED) is 0.896. The van der Waals surface area contributed by atoms with Gasteiger partial charge in [0.05, 0.1) is 5.41 Å². The Balaban J connectivity index is 1.80. The third-order valence-corrected chi connectivity index (χ3v) is 4.80. The smallest absolute Gasteiger partial charge is 0.329 e. The van der Waals surface area contributed by atoms with Crippen LogP contribution in [-0.4, -0.2) is 22.5 Å². The molecule has 0 heterocycles. The predicted molar refractivity (Wildman–Crippen MR) is 74.7 cm³/mol. The lowest BCUT2D eigenvalue weighted by Crippen LogP contribution is -2.61. The van der Waals surface area contributed by atoms with E-state index in [-0.39, 0.29) is 5.91 Å². The molecule has 2 N–H and O–H groups in total. The number of hydrogen-bond donors (Lipinski definition) is 2. The molecule has 4 nitrogen and oxygen atoms in total. The first kappa shape index (κ1) is 13.4. The molecule has 0 aliphatic heterocycles. The van der Waals surface area contributed by atoms with Gasteiger partial charge in [-0.1, -0.05) is 23.7 Å². The van der Waals surface area contributed by atoms with Gasteiger partial charge < -0.3 is 10.4 Å². The molecule has 2 saturated carbocycles. The fourth-order valence-corrected chi connectivity index (χ4v) is 2.93. The molecule has 0 bridgehead atoms. The molecule has 0 saturated heterocycles. The summed E-state index contributed by atoms with van der Waals surface area (Å²) in [6, 6.07) is 7.23. The molecule has 1 aromatic carbocycles. The van der Waals surface area contributed by atoms with Gasteiger partial charge in [0, 0.05) is 5.02 Å². The van der Waals surface area contributed by atoms with Crippen LogP contribution in [0.1, 0.15) is 37.7 Å². The highest BCUT2D eigenvalue weighted by molar-refractivity contribution is 6.30. The van der Waals surface area contributed by atoms with Gasteiger partial charge in [-0.2, -0.15) is 0 Å². The summed E-state index contributed by atoms with van der Waals surface area (Å²) in [5, 5.41) is 12.7. The Hall–Kier alpha value is -1.55. The lowest BCUT2D eigenvalue weighted by atomic mass is 9.76. The van der Waals surface area contributed by atoms with E-state index < -0.39 is 16.9 Å². The Morgan fingerprint density at radius 2 is 1.70 bits per heavy atom. The van der Waals surface area contributed by atoms with Crippen LogP contribution in [0, 0.1) is 0 Å². The number of carboxylic acid groups (broad SMARTS) is 1. The standard InChI is InChI=1S/C15H16ClNO3/c16-11-4-2-10(3-5-11)14(8-9-14)12(18)17-15(13(19)20)6-1-7-15/h2-5H,1,6-9H2,(H,17,18)(H,19,20). The largest absolute Gasteiger partial charge is 0.480 e. The molecule has 0 unspecified atom stereocenters. The van der Waals surface area contributed by atoms with Gasteiger partial charge in [-0.3, -0.25) is 4.79 Å². The van der Waals surface area contributed by atoms with Gasteiger partial charge in [-0.25, -0.2) is 4.79 Å². The highest BCUT2D eigenvalue weighted by atomic mass is 35.5. The SMILES string of the molecule is O=C(O)C1(NC(=O)C2(c3ccc(Cl)cc3)CC2)CCC1. The molecular weight excluding hydrogens is 278 g/mol. The van der Waals surface area contributed by atoms with Crippen molar-refractivity contribution in [1.82, 2.24) is 5.32 Å². The first-order chi connectivity index (χ1) is 9.48. The second-order valence-electron chi connectivity index (χ2n) is 5.78. The fraction of sp³-hybridized carbons (Fsp3) is 0.467. The number of halogens is 1. The average Bonchev–Trinajstić information content (AvgIpc) is 3.15. The zero-order valence-electron chi connectivity index (χ0n) is 11.0. The minimum atomic E-state index is -1.04. The highest BCUT2D eigenvalue weighted by Crippen LogP contribution is 2.49. The van der Waals surface area contributed by atoms with E-state index in [0.717, 1.165) is 24.8 Å². The molecule has 1 amide bonds. The van der Waals surface area contributed by atoms with E-state index in [9.17, 15) is 14.7 Å². The van der Waals surface area contributed by atoms with Crippen LogP contribution >= 0.6 is 11.6 Å². The highest BCUT2D eigenvalue weighted by Gasteiger charge is 2.55. The molecule has 0 aromatic heterocycles. The first-order valence-electron chi connectivity index (χ1n) is 6.81. The van der Waals surface area contributed by atoms with Gasteiger partial charge in [-0.05, 0) is 49.8 Å². The number of carboxylic acids is 1. The third-order valence-electron chi connectivity index (χ3n) is 4.55. The molecule has 1 aromatic rings. The Morgan fingerprint density at radius 1 is 1.10 bits per heavy atom. The van der Waals surface area contributed by atoms with E-state index >= 15 is 0 Å². The Morgan fingerprint density at radius 3 is 2.10 bits per heavy atom. The van der Waals surface area contributed by atoms with Crippen molar-refractivity contribution in [3.63, 3.8) is 0 Å². The summed E-state index contributed by atoms with van der Waals surface area (Å²) >= 11 is 5.86. The van der Waals surface area contributed by atoms with Crippen LogP contribution < -0.4 is 5.32 Å². The molecule has 0 radical (unpaired) electrons. The van der Waals surface area contributed by atoms with Gasteiger partial charge in [0.1, 0.15) is 5.54 Å². The van der Waals surface area contributed by atoms with Crippen LogP contribution in [0.25, 0.3) is 0 Å². The van der Waals surface area contributed by atoms with Crippen molar-refractivity contribution < 1.29 is 14.7 Å². The molecule has 2 aliphatic carbocycles. The van der Waals surface area contributed by atoms with Gasteiger partial charge >= 0.3 is 5.97 Å². The topological polar surface area (TPSA) is 66.4 Å². The molecule has 0 spiro atoms. The summed E-state index contributed by atoms with van der Waals surface area (Å²) in [5.74, 6) is -1.09. The van der Waals surface area contributed by atoms with Crippen LogP contribution in [-0.2, 0) is 15.0 Å². The van der Waals surface area contributed by atoms with Crippen LogP contribution in [0.3, 0.4) is 0 Å². The second kappa shape index (κ2) is 4.48. The molecule has 0 atom stereocenters. The number of nitrogens with one attached hydrogen (secondary N) is 1. The van der Waals surface area contributed by atoms with Crippen LogP contribution in [0.15, 0.2) is 24.3 Å². The molecule has 2 fully saturated rings. The Bertz CT molecular complexity index is 559. The first-order valence-corrected chi connectivity index (χ1v) is 7.18. The van der Waals surface area contributed by atoms with Crippen molar-refractivity contribution in [3.05, 3.63) is 34.9 Å². The molecule has 20 heavy (non-hydrogen) atoms. The normalized spacial score (nSPS) is 21.6. The monoisotopic (exact) mass is 293 g/mol. The molecular formula is C15H16ClNO3. The number of aliphatic carboxylic acids is 1. The summed E-state index contributed by atoms with van der Waals surface area (Å²) in [5.41, 5.74) is -0.680. The van der Waals surface area contributed by atoms with Crippen molar-refractivity contribution in [1.29, 1.82) is 0 Å². The molecule has 5 heteroatoms. The minimum absolute atomic E-state index is 0.165. The zero-order chi connectivity index (χ0) is 14.4. The summed E-state index contributed by atoms with van der Waals surface area (Å²) in [4.78, 5) is 23.9. The lowest BCUT2D eigenvalue weighted by molar-refractivity contribution is -0.152. The Labute approximate surface area is 122 Å². The van der Waals surface area contributed by atoms with Crippen molar-refractivity contribution in [2.75, 3.05) is 0 Å². The summed E-state index contributed by atoms with van der Waals surface area (Å²) < 4.78 is 0.